The fraction of sp³-hybridized carbons (Fsp3) is 0.455. The van der Waals surface area contributed by atoms with E-state index in [1.54, 1.807) is 6.07 Å². The molecule has 0 fully saturated rings. The Morgan fingerprint density at radius 1 is 1.45 bits per heavy atom. The van der Waals surface area contributed by atoms with Crippen LogP contribution in [0, 0.1) is 0 Å². The van der Waals surface area contributed by atoms with Crippen molar-refractivity contribution in [1.29, 1.82) is 0 Å². The number of thiophene rings is 1. The lowest BCUT2D eigenvalue weighted by molar-refractivity contribution is -0.198. The summed E-state index contributed by atoms with van der Waals surface area (Å²) in [5.74, 6) is 0.194. The minimum atomic E-state index is -4.67. The third-order valence-electron chi connectivity index (χ3n) is 2.61. The highest BCUT2D eigenvalue weighted by atomic mass is 35.5. The quantitative estimate of drug-likeness (QED) is 0.847. The third kappa shape index (κ3) is 3.31. The Morgan fingerprint density at radius 2 is 2.15 bits per heavy atom. The number of rotatable bonds is 4. The number of nitrogens with zero attached hydrogens (tertiary/aromatic N) is 2. The van der Waals surface area contributed by atoms with Crippen LogP contribution in [0.4, 0.5) is 19.0 Å². The molecule has 2 rings (SSSR count). The predicted octanol–water partition coefficient (Wildman–Crippen LogP) is 3.24. The summed E-state index contributed by atoms with van der Waals surface area (Å²) in [6.07, 6.45) is -6.36. The molecule has 0 spiro atoms. The molecule has 0 saturated heterocycles. The van der Waals surface area contributed by atoms with Gasteiger partial charge in [0.25, 0.3) is 0 Å². The van der Waals surface area contributed by atoms with Crippen molar-refractivity contribution in [1.82, 2.24) is 9.97 Å². The summed E-state index contributed by atoms with van der Waals surface area (Å²) >= 11 is 7.15. The van der Waals surface area contributed by atoms with Gasteiger partial charge in [0.2, 0.25) is 5.28 Å². The Hall–Kier alpha value is -1.12. The van der Waals surface area contributed by atoms with E-state index in [-0.39, 0.29) is 11.1 Å². The first kappa shape index (κ1) is 15.3. The zero-order chi connectivity index (χ0) is 14.9. The zero-order valence-electron chi connectivity index (χ0n) is 10.3. The number of halogens is 4. The van der Waals surface area contributed by atoms with Crippen molar-refractivity contribution in [3.8, 4) is 0 Å². The Balaban J connectivity index is 2.27. The molecule has 2 aromatic rings. The number of alkyl halides is 3. The SMILES string of the molecule is CCc1cc2c(NCC(O)C(F)(F)F)nc(Cl)nc2s1. The molecule has 0 saturated carbocycles. The summed E-state index contributed by atoms with van der Waals surface area (Å²) < 4.78 is 36.8. The average Bonchev–Trinajstić information content (AvgIpc) is 2.77. The Kier molecular flexibility index (Phi) is 4.36. The van der Waals surface area contributed by atoms with Gasteiger partial charge in [-0.05, 0) is 24.1 Å². The van der Waals surface area contributed by atoms with E-state index in [2.05, 4.69) is 15.3 Å². The van der Waals surface area contributed by atoms with E-state index in [0.29, 0.717) is 10.2 Å². The Bertz CT molecular complexity index is 617. The number of aromatic nitrogens is 2. The highest BCUT2D eigenvalue weighted by molar-refractivity contribution is 7.18. The number of hydrogen-bond donors (Lipinski definition) is 2. The molecule has 0 aliphatic heterocycles. The van der Waals surface area contributed by atoms with Crippen LogP contribution in [0.3, 0.4) is 0 Å². The maximum Gasteiger partial charge on any atom is 0.416 e. The monoisotopic (exact) mass is 325 g/mol. The van der Waals surface area contributed by atoms with E-state index in [4.69, 9.17) is 16.7 Å². The van der Waals surface area contributed by atoms with Crippen LogP contribution in [-0.4, -0.2) is 33.9 Å². The molecule has 1 unspecified atom stereocenters. The van der Waals surface area contributed by atoms with Crippen LogP contribution in [0.25, 0.3) is 10.2 Å². The Morgan fingerprint density at radius 3 is 2.75 bits per heavy atom. The summed E-state index contributed by atoms with van der Waals surface area (Å²) in [5.41, 5.74) is 0. The van der Waals surface area contributed by atoms with Gasteiger partial charge in [0.1, 0.15) is 10.6 Å². The van der Waals surface area contributed by atoms with E-state index in [1.165, 1.54) is 11.3 Å². The standard InChI is InChI=1S/C11H11ClF3N3OS/c1-2-5-3-6-8(16-4-7(19)11(13,14)15)17-10(12)18-9(6)20-5/h3,7,19H,2,4H2,1H3,(H,16,17,18). The molecule has 20 heavy (non-hydrogen) atoms. The van der Waals surface area contributed by atoms with Gasteiger partial charge < -0.3 is 10.4 Å². The number of aryl methyl sites for hydroxylation is 1. The molecule has 0 bridgehead atoms. The van der Waals surface area contributed by atoms with Crippen LogP contribution in [0.15, 0.2) is 6.07 Å². The number of aliphatic hydroxyl groups excluding tert-OH is 1. The third-order valence-corrected chi connectivity index (χ3v) is 3.95. The molecule has 0 amide bonds. The van der Waals surface area contributed by atoms with Crippen molar-refractivity contribution in [2.24, 2.45) is 0 Å². The van der Waals surface area contributed by atoms with Crippen LogP contribution >= 0.6 is 22.9 Å². The van der Waals surface area contributed by atoms with Gasteiger partial charge in [-0.15, -0.1) is 11.3 Å². The second kappa shape index (κ2) is 5.71. The molecule has 2 aromatic heterocycles. The highest BCUT2D eigenvalue weighted by Gasteiger charge is 2.38. The number of aliphatic hydroxyl groups is 1. The lowest BCUT2D eigenvalue weighted by atomic mass is 10.3. The highest BCUT2D eigenvalue weighted by Crippen LogP contribution is 2.30. The number of anilines is 1. The molecule has 110 valence electrons. The van der Waals surface area contributed by atoms with Gasteiger partial charge in [-0.2, -0.15) is 13.2 Å². The molecular formula is C11H11ClF3N3OS. The van der Waals surface area contributed by atoms with Crippen molar-refractivity contribution < 1.29 is 18.3 Å². The van der Waals surface area contributed by atoms with Crippen LogP contribution in [0.2, 0.25) is 5.28 Å². The van der Waals surface area contributed by atoms with Gasteiger partial charge in [-0.3, -0.25) is 0 Å². The molecule has 2 N–H and O–H groups in total. The van der Waals surface area contributed by atoms with Gasteiger partial charge in [-0.25, -0.2) is 9.97 Å². The number of fused-ring (bicyclic) bond motifs is 1. The maximum absolute atomic E-state index is 12.3. The largest absolute Gasteiger partial charge is 0.416 e. The summed E-state index contributed by atoms with van der Waals surface area (Å²) in [6.45, 7) is 1.27. The van der Waals surface area contributed by atoms with Crippen molar-refractivity contribution in [2.75, 3.05) is 11.9 Å². The van der Waals surface area contributed by atoms with E-state index in [9.17, 15) is 13.2 Å². The van der Waals surface area contributed by atoms with Crippen LogP contribution in [0.1, 0.15) is 11.8 Å². The van der Waals surface area contributed by atoms with Crippen LogP contribution < -0.4 is 5.32 Å². The van der Waals surface area contributed by atoms with Gasteiger partial charge in [0, 0.05) is 4.88 Å². The fourth-order valence-corrected chi connectivity index (χ4v) is 2.75. The molecule has 9 heteroatoms. The maximum atomic E-state index is 12.3. The topological polar surface area (TPSA) is 58.0 Å². The number of hydrogen-bond acceptors (Lipinski definition) is 5. The summed E-state index contributed by atoms with van der Waals surface area (Å²) in [7, 11) is 0. The normalized spacial score (nSPS) is 13.7. The Labute approximate surface area is 121 Å². The summed E-state index contributed by atoms with van der Waals surface area (Å²) in [6, 6.07) is 1.80. The first-order valence-corrected chi connectivity index (χ1v) is 6.95. The minimum absolute atomic E-state index is 0.0500. The van der Waals surface area contributed by atoms with Gasteiger partial charge in [0.15, 0.2) is 6.10 Å². The molecule has 0 aliphatic carbocycles. The molecular weight excluding hydrogens is 315 g/mol. The lowest BCUT2D eigenvalue weighted by Gasteiger charge is -2.15. The van der Waals surface area contributed by atoms with Crippen molar-refractivity contribution in [3.05, 3.63) is 16.2 Å². The minimum Gasteiger partial charge on any atom is -0.382 e. The second-order valence-electron chi connectivity index (χ2n) is 4.06. The van der Waals surface area contributed by atoms with E-state index < -0.39 is 18.8 Å². The van der Waals surface area contributed by atoms with Gasteiger partial charge in [0.05, 0.1) is 11.9 Å². The summed E-state index contributed by atoms with van der Waals surface area (Å²) in [5, 5.41) is 12.0. The average molecular weight is 326 g/mol. The first-order chi connectivity index (χ1) is 9.31. The van der Waals surface area contributed by atoms with E-state index in [1.807, 2.05) is 6.92 Å². The molecule has 2 heterocycles. The van der Waals surface area contributed by atoms with Crippen molar-refractivity contribution in [2.45, 2.75) is 25.6 Å². The van der Waals surface area contributed by atoms with Gasteiger partial charge >= 0.3 is 6.18 Å². The molecule has 1 atom stereocenters. The first-order valence-electron chi connectivity index (χ1n) is 5.76. The molecule has 4 nitrogen and oxygen atoms in total. The predicted molar refractivity (Wildman–Crippen MR) is 72.4 cm³/mol. The van der Waals surface area contributed by atoms with Crippen molar-refractivity contribution >= 4 is 39.0 Å². The molecule has 0 aliphatic rings. The zero-order valence-corrected chi connectivity index (χ0v) is 11.9. The van der Waals surface area contributed by atoms with Gasteiger partial charge in [-0.1, -0.05) is 6.92 Å². The van der Waals surface area contributed by atoms with E-state index >= 15 is 0 Å². The van der Waals surface area contributed by atoms with Crippen molar-refractivity contribution in [3.63, 3.8) is 0 Å². The fourth-order valence-electron chi connectivity index (χ4n) is 1.56. The van der Waals surface area contributed by atoms with Crippen LogP contribution in [0.5, 0.6) is 0 Å². The molecule has 0 radical (unpaired) electrons. The second-order valence-corrected chi connectivity index (χ2v) is 5.52. The smallest absolute Gasteiger partial charge is 0.382 e. The van der Waals surface area contributed by atoms with Crippen LogP contribution in [-0.2, 0) is 6.42 Å². The number of nitrogens with one attached hydrogen (secondary N) is 1. The van der Waals surface area contributed by atoms with E-state index in [0.717, 1.165) is 11.3 Å². The molecule has 0 aromatic carbocycles. The summed E-state index contributed by atoms with van der Waals surface area (Å²) in [4.78, 5) is 9.53. The lowest BCUT2D eigenvalue weighted by Crippen LogP contribution is -2.35.